The summed E-state index contributed by atoms with van der Waals surface area (Å²) in [6.07, 6.45) is 3.11. The Morgan fingerprint density at radius 1 is 0.872 bits per heavy atom. The van der Waals surface area contributed by atoms with Crippen LogP contribution in [0.2, 0.25) is 0 Å². The third-order valence-corrected chi connectivity index (χ3v) is 7.09. The standard InChI is InChI=1S/C31H28BrN3O4/c1-38-27-12-4-23(5-13-27)31(37)35-20-18-34(19-21-35)26-10-8-25(9-11-26)33-30(36)17-15-28-14-16-29(39-28)22-2-6-24(32)7-3-22/h2-17H,18-21H2,1H3,(H,33,36)/b17-15+. The van der Waals surface area contributed by atoms with Crippen LogP contribution in [0, 0.1) is 0 Å². The normalized spacial score (nSPS) is 13.5. The Bertz CT molecular complexity index is 1450. The lowest BCUT2D eigenvalue weighted by molar-refractivity contribution is -0.111. The van der Waals surface area contributed by atoms with E-state index in [9.17, 15) is 9.59 Å². The number of ether oxygens (including phenoxy) is 1. The summed E-state index contributed by atoms with van der Waals surface area (Å²) in [5.41, 5.74) is 3.39. The van der Waals surface area contributed by atoms with Crippen molar-refractivity contribution in [1.82, 2.24) is 4.90 Å². The van der Waals surface area contributed by atoms with Gasteiger partial charge in [-0.15, -0.1) is 0 Å². The van der Waals surface area contributed by atoms with Gasteiger partial charge in [0.15, 0.2) is 0 Å². The minimum atomic E-state index is -0.241. The number of furan rings is 1. The zero-order chi connectivity index (χ0) is 27.2. The second-order valence-electron chi connectivity index (χ2n) is 9.09. The zero-order valence-corrected chi connectivity index (χ0v) is 23.1. The SMILES string of the molecule is COc1ccc(C(=O)N2CCN(c3ccc(NC(=O)/C=C/c4ccc(-c5ccc(Br)cc5)o4)cc3)CC2)cc1. The van der Waals surface area contributed by atoms with Crippen LogP contribution in [0.15, 0.2) is 99.9 Å². The molecule has 0 spiro atoms. The number of carbonyl (C=O) groups is 2. The highest BCUT2D eigenvalue weighted by Gasteiger charge is 2.22. The van der Waals surface area contributed by atoms with E-state index in [0.717, 1.165) is 40.3 Å². The first-order valence-electron chi connectivity index (χ1n) is 12.6. The predicted molar refractivity (Wildman–Crippen MR) is 157 cm³/mol. The van der Waals surface area contributed by atoms with Gasteiger partial charge in [-0.3, -0.25) is 9.59 Å². The lowest BCUT2D eigenvalue weighted by atomic mass is 10.1. The van der Waals surface area contributed by atoms with Gasteiger partial charge < -0.3 is 24.3 Å². The third kappa shape index (κ3) is 6.59. The predicted octanol–water partition coefficient (Wildman–Crippen LogP) is 6.33. The number of rotatable bonds is 7. The molecule has 0 unspecified atom stereocenters. The lowest BCUT2D eigenvalue weighted by Gasteiger charge is -2.36. The van der Waals surface area contributed by atoms with Crippen LogP contribution in [-0.2, 0) is 4.79 Å². The lowest BCUT2D eigenvalue weighted by Crippen LogP contribution is -2.48. The Hall–Kier alpha value is -4.30. The number of anilines is 2. The second kappa shape index (κ2) is 12.0. The molecule has 0 radical (unpaired) electrons. The third-order valence-electron chi connectivity index (χ3n) is 6.56. The highest BCUT2D eigenvalue weighted by molar-refractivity contribution is 9.10. The number of hydrogen-bond acceptors (Lipinski definition) is 5. The molecule has 1 aliphatic rings. The smallest absolute Gasteiger partial charge is 0.253 e. The molecular weight excluding hydrogens is 558 g/mol. The molecule has 1 aromatic heterocycles. The van der Waals surface area contributed by atoms with Gasteiger partial charge in [0, 0.05) is 59.2 Å². The fourth-order valence-electron chi connectivity index (χ4n) is 4.39. The van der Waals surface area contributed by atoms with Crippen LogP contribution >= 0.6 is 15.9 Å². The summed E-state index contributed by atoms with van der Waals surface area (Å²) in [5, 5.41) is 2.88. The molecule has 1 fully saturated rings. The maximum Gasteiger partial charge on any atom is 0.253 e. The molecule has 8 heteroatoms. The van der Waals surface area contributed by atoms with E-state index in [-0.39, 0.29) is 11.8 Å². The quantitative estimate of drug-likeness (QED) is 0.256. The summed E-state index contributed by atoms with van der Waals surface area (Å²) in [7, 11) is 1.61. The number of carbonyl (C=O) groups excluding carboxylic acids is 2. The second-order valence-corrected chi connectivity index (χ2v) is 10.0. The number of nitrogens with zero attached hydrogens (tertiary/aromatic N) is 2. The van der Waals surface area contributed by atoms with Crippen LogP contribution in [0.3, 0.4) is 0 Å². The molecule has 0 saturated carbocycles. The van der Waals surface area contributed by atoms with Gasteiger partial charge in [0.25, 0.3) is 5.91 Å². The molecule has 1 saturated heterocycles. The van der Waals surface area contributed by atoms with Crippen LogP contribution < -0.4 is 15.0 Å². The molecule has 39 heavy (non-hydrogen) atoms. The number of hydrogen-bond donors (Lipinski definition) is 1. The Morgan fingerprint density at radius 2 is 1.56 bits per heavy atom. The molecule has 2 heterocycles. The maximum atomic E-state index is 12.8. The molecule has 0 atom stereocenters. The largest absolute Gasteiger partial charge is 0.497 e. The number of amides is 2. The van der Waals surface area contributed by atoms with Gasteiger partial charge in [0.1, 0.15) is 17.3 Å². The molecule has 5 rings (SSSR count). The summed E-state index contributed by atoms with van der Waals surface area (Å²) >= 11 is 3.43. The van der Waals surface area contributed by atoms with Gasteiger partial charge in [-0.25, -0.2) is 0 Å². The van der Waals surface area contributed by atoms with Crippen LogP contribution in [0.4, 0.5) is 11.4 Å². The first-order chi connectivity index (χ1) is 19.0. The van der Waals surface area contributed by atoms with E-state index in [4.69, 9.17) is 9.15 Å². The van der Waals surface area contributed by atoms with Gasteiger partial charge in [-0.05, 0) is 78.9 Å². The van der Waals surface area contributed by atoms with Crippen LogP contribution in [0.5, 0.6) is 5.75 Å². The summed E-state index contributed by atoms with van der Waals surface area (Å²) in [6.45, 7) is 2.76. The Kier molecular flexibility index (Phi) is 8.13. The maximum absolute atomic E-state index is 12.8. The Morgan fingerprint density at radius 3 is 2.23 bits per heavy atom. The van der Waals surface area contributed by atoms with Crippen molar-refractivity contribution >= 4 is 45.2 Å². The van der Waals surface area contributed by atoms with Crippen molar-refractivity contribution in [3.8, 4) is 17.1 Å². The molecule has 4 aromatic rings. The van der Waals surface area contributed by atoms with Crippen molar-refractivity contribution in [2.24, 2.45) is 0 Å². The fraction of sp³-hybridized carbons (Fsp3) is 0.161. The van der Waals surface area contributed by atoms with Crippen LogP contribution in [0.25, 0.3) is 17.4 Å². The highest BCUT2D eigenvalue weighted by Crippen LogP contribution is 2.25. The number of methoxy groups -OCH3 is 1. The Labute approximate surface area is 235 Å². The summed E-state index contributed by atoms with van der Waals surface area (Å²) in [6, 6.07) is 26.5. The monoisotopic (exact) mass is 585 g/mol. The van der Waals surface area contributed by atoms with E-state index in [1.807, 2.05) is 65.6 Å². The van der Waals surface area contributed by atoms with Crippen LogP contribution in [-0.4, -0.2) is 50.0 Å². The molecule has 3 aromatic carbocycles. The fourth-order valence-corrected chi connectivity index (χ4v) is 4.66. The van der Waals surface area contributed by atoms with Gasteiger partial charge >= 0.3 is 0 Å². The first-order valence-corrected chi connectivity index (χ1v) is 13.4. The number of benzene rings is 3. The van der Waals surface area contributed by atoms with E-state index in [1.165, 1.54) is 6.08 Å². The minimum Gasteiger partial charge on any atom is -0.497 e. The zero-order valence-electron chi connectivity index (χ0n) is 21.5. The average molecular weight is 586 g/mol. The van der Waals surface area contributed by atoms with Crippen molar-refractivity contribution in [3.05, 3.63) is 107 Å². The summed E-state index contributed by atoms with van der Waals surface area (Å²) in [4.78, 5) is 29.4. The van der Waals surface area contributed by atoms with E-state index in [0.29, 0.717) is 30.1 Å². The topological polar surface area (TPSA) is 75.0 Å². The van der Waals surface area contributed by atoms with Crippen molar-refractivity contribution in [2.45, 2.75) is 0 Å². The van der Waals surface area contributed by atoms with Crippen molar-refractivity contribution < 1.29 is 18.7 Å². The van der Waals surface area contributed by atoms with Gasteiger partial charge in [-0.1, -0.05) is 28.1 Å². The highest BCUT2D eigenvalue weighted by atomic mass is 79.9. The number of nitrogens with one attached hydrogen (secondary N) is 1. The van der Waals surface area contributed by atoms with Gasteiger partial charge in [0.05, 0.1) is 7.11 Å². The van der Waals surface area contributed by atoms with Crippen molar-refractivity contribution in [3.63, 3.8) is 0 Å². The molecule has 0 bridgehead atoms. The van der Waals surface area contributed by atoms with Crippen molar-refractivity contribution in [1.29, 1.82) is 0 Å². The van der Waals surface area contributed by atoms with Crippen LogP contribution in [0.1, 0.15) is 16.1 Å². The van der Waals surface area contributed by atoms with E-state index >= 15 is 0 Å². The molecule has 7 nitrogen and oxygen atoms in total. The average Bonchev–Trinajstić information content (AvgIpc) is 3.46. The number of halogens is 1. The molecule has 198 valence electrons. The molecule has 2 amide bonds. The molecule has 0 aliphatic carbocycles. The van der Waals surface area contributed by atoms with E-state index < -0.39 is 0 Å². The summed E-state index contributed by atoms with van der Waals surface area (Å²) in [5.74, 6) is 1.86. The first kappa shape index (κ1) is 26.3. The van der Waals surface area contributed by atoms with Gasteiger partial charge in [0.2, 0.25) is 5.91 Å². The van der Waals surface area contributed by atoms with Gasteiger partial charge in [-0.2, -0.15) is 0 Å². The molecule has 1 N–H and O–H groups in total. The summed E-state index contributed by atoms with van der Waals surface area (Å²) < 4.78 is 12.0. The number of piperazine rings is 1. The van der Waals surface area contributed by atoms with E-state index in [1.54, 1.807) is 37.5 Å². The minimum absolute atomic E-state index is 0.0301. The Balaban J connectivity index is 1.11. The van der Waals surface area contributed by atoms with E-state index in [2.05, 4.69) is 26.1 Å². The molecular formula is C31H28BrN3O4. The molecule has 1 aliphatic heterocycles. The van der Waals surface area contributed by atoms with Crippen molar-refractivity contribution in [2.75, 3.05) is 43.5 Å².